The van der Waals surface area contributed by atoms with Crippen molar-refractivity contribution in [2.24, 2.45) is 5.92 Å². The molecule has 0 bridgehead atoms. The first-order chi connectivity index (χ1) is 7.38. The molecule has 1 rings (SSSR count). The van der Waals surface area contributed by atoms with E-state index in [-0.39, 0.29) is 0 Å². The van der Waals surface area contributed by atoms with Gasteiger partial charge in [0.1, 0.15) is 0 Å². The molecule has 1 aliphatic rings. The average molecular weight is 205 g/mol. The Labute approximate surface area is 94.0 Å². The molecule has 1 aliphatic heterocycles. The summed E-state index contributed by atoms with van der Waals surface area (Å²) < 4.78 is 0. The quantitative estimate of drug-likeness (QED) is 0.547. The SMILES string of the molecule is CC=CC/C=C(\C=C/C)C1CCNCC1. The first-order valence-corrected chi connectivity index (χ1v) is 6.03. The zero-order chi connectivity index (χ0) is 10.9. The van der Waals surface area contributed by atoms with Crippen LogP contribution in [0.3, 0.4) is 0 Å². The second kappa shape index (κ2) is 7.47. The molecule has 84 valence electrons. The van der Waals surface area contributed by atoms with Gasteiger partial charge in [-0.15, -0.1) is 0 Å². The Morgan fingerprint density at radius 2 is 1.93 bits per heavy atom. The van der Waals surface area contributed by atoms with E-state index in [9.17, 15) is 0 Å². The number of nitrogens with one attached hydrogen (secondary N) is 1. The highest BCUT2D eigenvalue weighted by Crippen LogP contribution is 2.22. The summed E-state index contributed by atoms with van der Waals surface area (Å²) in [5, 5.41) is 3.41. The zero-order valence-corrected chi connectivity index (χ0v) is 10.00. The molecule has 1 nitrogen and oxygen atoms in total. The van der Waals surface area contributed by atoms with Gasteiger partial charge in [-0.05, 0) is 57.7 Å². The largest absolute Gasteiger partial charge is 0.317 e. The number of rotatable bonds is 4. The van der Waals surface area contributed by atoms with Crippen molar-refractivity contribution in [1.82, 2.24) is 5.32 Å². The van der Waals surface area contributed by atoms with Gasteiger partial charge in [-0.2, -0.15) is 0 Å². The van der Waals surface area contributed by atoms with Crippen LogP contribution in [-0.4, -0.2) is 13.1 Å². The van der Waals surface area contributed by atoms with E-state index in [1.807, 2.05) is 0 Å². The molecule has 0 unspecified atom stereocenters. The van der Waals surface area contributed by atoms with E-state index in [0.29, 0.717) is 0 Å². The van der Waals surface area contributed by atoms with Crippen LogP contribution < -0.4 is 5.32 Å². The third-order valence-electron chi connectivity index (χ3n) is 2.90. The van der Waals surface area contributed by atoms with Crippen LogP contribution in [0.2, 0.25) is 0 Å². The Morgan fingerprint density at radius 1 is 1.20 bits per heavy atom. The van der Waals surface area contributed by atoms with Crippen molar-refractivity contribution in [3.05, 3.63) is 36.0 Å². The van der Waals surface area contributed by atoms with Gasteiger partial charge in [0.2, 0.25) is 0 Å². The number of hydrogen-bond donors (Lipinski definition) is 1. The average Bonchev–Trinajstić information content (AvgIpc) is 2.29. The number of allylic oxidation sites excluding steroid dienone is 6. The van der Waals surface area contributed by atoms with Gasteiger partial charge < -0.3 is 5.32 Å². The normalized spacial score (nSPS) is 20.5. The maximum atomic E-state index is 3.41. The molecule has 0 amide bonds. The van der Waals surface area contributed by atoms with Gasteiger partial charge >= 0.3 is 0 Å². The van der Waals surface area contributed by atoms with Crippen molar-refractivity contribution < 1.29 is 0 Å². The van der Waals surface area contributed by atoms with Crippen LogP contribution in [0.1, 0.15) is 33.1 Å². The standard InChI is InChI=1S/C14H23N/c1-3-5-6-8-13(7-4-2)14-9-11-15-12-10-14/h3-5,7-8,14-15H,6,9-12H2,1-2H3/b5-3?,7-4-,13-8+. The molecule has 15 heavy (non-hydrogen) atoms. The summed E-state index contributed by atoms with van der Waals surface area (Å²) >= 11 is 0. The first kappa shape index (κ1) is 12.3. The van der Waals surface area contributed by atoms with Crippen molar-refractivity contribution in [2.75, 3.05) is 13.1 Å². The lowest BCUT2D eigenvalue weighted by Crippen LogP contribution is -2.28. The van der Waals surface area contributed by atoms with Crippen molar-refractivity contribution in [3.8, 4) is 0 Å². The van der Waals surface area contributed by atoms with E-state index in [2.05, 4.69) is 49.5 Å². The van der Waals surface area contributed by atoms with Crippen LogP contribution in [0, 0.1) is 5.92 Å². The van der Waals surface area contributed by atoms with E-state index in [0.717, 1.165) is 12.3 Å². The highest BCUT2D eigenvalue weighted by Gasteiger charge is 2.14. The molecule has 1 heteroatoms. The molecule has 0 spiro atoms. The van der Waals surface area contributed by atoms with E-state index < -0.39 is 0 Å². The molecule has 0 aromatic rings. The van der Waals surface area contributed by atoms with Gasteiger partial charge in [0.25, 0.3) is 0 Å². The van der Waals surface area contributed by atoms with Crippen LogP contribution in [0.5, 0.6) is 0 Å². The molecule has 0 radical (unpaired) electrons. The topological polar surface area (TPSA) is 12.0 Å². The Bertz CT molecular complexity index is 242. The van der Waals surface area contributed by atoms with Crippen LogP contribution in [-0.2, 0) is 0 Å². The summed E-state index contributed by atoms with van der Waals surface area (Å²) in [6.45, 7) is 6.52. The van der Waals surface area contributed by atoms with Crippen molar-refractivity contribution in [1.29, 1.82) is 0 Å². The minimum Gasteiger partial charge on any atom is -0.317 e. The fourth-order valence-corrected chi connectivity index (χ4v) is 2.06. The second-order valence-corrected chi connectivity index (χ2v) is 4.03. The Morgan fingerprint density at radius 3 is 2.53 bits per heavy atom. The summed E-state index contributed by atoms with van der Waals surface area (Å²) in [6.07, 6.45) is 14.8. The number of hydrogen-bond acceptors (Lipinski definition) is 1. The molecule has 1 saturated heterocycles. The van der Waals surface area contributed by atoms with Crippen LogP contribution in [0.25, 0.3) is 0 Å². The van der Waals surface area contributed by atoms with Gasteiger partial charge in [-0.25, -0.2) is 0 Å². The Hall–Kier alpha value is -0.820. The highest BCUT2D eigenvalue weighted by molar-refractivity contribution is 5.22. The highest BCUT2D eigenvalue weighted by atomic mass is 14.9. The lowest BCUT2D eigenvalue weighted by molar-refractivity contribution is 0.424. The first-order valence-electron chi connectivity index (χ1n) is 6.03. The zero-order valence-electron chi connectivity index (χ0n) is 10.00. The summed E-state index contributed by atoms with van der Waals surface area (Å²) in [6, 6.07) is 0. The Balaban J connectivity index is 2.58. The molecule has 0 saturated carbocycles. The smallest absolute Gasteiger partial charge is 0.00431 e. The summed E-state index contributed by atoms with van der Waals surface area (Å²) in [7, 11) is 0. The van der Waals surface area contributed by atoms with Crippen molar-refractivity contribution in [2.45, 2.75) is 33.1 Å². The maximum absolute atomic E-state index is 3.41. The van der Waals surface area contributed by atoms with Gasteiger partial charge in [0, 0.05) is 0 Å². The predicted molar refractivity (Wildman–Crippen MR) is 67.9 cm³/mol. The monoisotopic (exact) mass is 205 g/mol. The van der Waals surface area contributed by atoms with Gasteiger partial charge in [0.15, 0.2) is 0 Å². The predicted octanol–water partition coefficient (Wildman–Crippen LogP) is 3.45. The molecule has 1 fully saturated rings. The molecule has 0 atom stereocenters. The fourth-order valence-electron chi connectivity index (χ4n) is 2.06. The minimum atomic E-state index is 0.771. The van der Waals surface area contributed by atoms with Crippen LogP contribution >= 0.6 is 0 Å². The molecule has 1 N–H and O–H groups in total. The maximum Gasteiger partial charge on any atom is -0.00431 e. The van der Waals surface area contributed by atoms with Gasteiger partial charge in [-0.3, -0.25) is 0 Å². The lowest BCUT2D eigenvalue weighted by Gasteiger charge is -2.23. The summed E-state index contributed by atoms with van der Waals surface area (Å²) in [4.78, 5) is 0. The van der Waals surface area contributed by atoms with Gasteiger partial charge in [0.05, 0.1) is 0 Å². The summed E-state index contributed by atoms with van der Waals surface area (Å²) in [5.41, 5.74) is 1.53. The Kier molecular flexibility index (Phi) is 6.10. The molecular formula is C14H23N. The second-order valence-electron chi connectivity index (χ2n) is 4.03. The third kappa shape index (κ3) is 4.48. The fraction of sp³-hybridized carbons (Fsp3) is 0.571. The molecule has 0 aromatic heterocycles. The van der Waals surface area contributed by atoms with Crippen molar-refractivity contribution in [3.63, 3.8) is 0 Å². The van der Waals surface area contributed by atoms with E-state index in [1.165, 1.54) is 31.5 Å². The van der Waals surface area contributed by atoms with E-state index >= 15 is 0 Å². The molecule has 0 aliphatic carbocycles. The van der Waals surface area contributed by atoms with E-state index in [4.69, 9.17) is 0 Å². The molecule has 1 heterocycles. The van der Waals surface area contributed by atoms with E-state index in [1.54, 1.807) is 0 Å². The van der Waals surface area contributed by atoms with Crippen LogP contribution in [0.15, 0.2) is 36.0 Å². The molecule has 0 aromatic carbocycles. The van der Waals surface area contributed by atoms with Gasteiger partial charge in [-0.1, -0.05) is 30.4 Å². The molecular weight excluding hydrogens is 182 g/mol. The minimum absolute atomic E-state index is 0.771. The van der Waals surface area contributed by atoms with Crippen LogP contribution in [0.4, 0.5) is 0 Å². The lowest BCUT2D eigenvalue weighted by atomic mass is 9.89. The number of piperidine rings is 1. The third-order valence-corrected chi connectivity index (χ3v) is 2.90. The van der Waals surface area contributed by atoms with Crippen molar-refractivity contribution >= 4 is 0 Å². The summed E-state index contributed by atoms with van der Waals surface area (Å²) in [5.74, 6) is 0.771.